The monoisotopic (exact) mass is 418 g/mol. The number of nitrogens with zero attached hydrogens (tertiary/aromatic N) is 1. The molecule has 0 saturated carbocycles. The van der Waals surface area contributed by atoms with Crippen molar-refractivity contribution < 1.29 is 19.1 Å². The molecule has 1 rings (SSSR count). The van der Waals surface area contributed by atoms with Crippen LogP contribution < -0.4 is 15.4 Å². The number of amides is 4. The molecule has 0 aliphatic carbocycles. The number of hydrogen-bond donors (Lipinski definition) is 3. The van der Waals surface area contributed by atoms with Crippen LogP contribution >= 0.6 is 27.9 Å². The van der Waals surface area contributed by atoms with Gasteiger partial charge in [0.25, 0.3) is 5.91 Å². The van der Waals surface area contributed by atoms with Crippen LogP contribution in [0.3, 0.4) is 0 Å². The summed E-state index contributed by atoms with van der Waals surface area (Å²) in [5.41, 5.74) is 0.311. The molecule has 132 valence electrons. The second-order valence-corrected chi connectivity index (χ2v) is 6.38. The van der Waals surface area contributed by atoms with Crippen LogP contribution in [-0.2, 0) is 4.74 Å². The molecule has 4 amide bonds. The first-order valence-corrected chi connectivity index (χ1v) is 8.85. The van der Waals surface area contributed by atoms with E-state index in [0.29, 0.717) is 15.1 Å². The van der Waals surface area contributed by atoms with Crippen molar-refractivity contribution in [3.05, 3.63) is 22.3 Å². The third kappa shape index (κ3) is 6.75. The number of hydrogen-bond acceptors (Lipinski definition) is 6. The fourth-order valence-corrected chi connectivity index (χ4v) is 2.39. The highest BCUT2D eigenvalue weighted by molar-refractivity contribution is 9.10. The van der Waals surface area contributed by atoms with Crippen molar-refractivity contribution in [2.45, 2.75) is 38.3 Å². The maximum absolute atomic E-state index is 12.3. The van der Waals surface area contributed by atoms with Crippen molar-refractivity contribution >= 4 is 45.9 Å². The molecule has 0 spiro atoms. The number of imide groups is 1. The number of carbonyl (C=O) groups excluding carboxylic acids is 3. The van der Waals surface area contributed by atoms with E-state index in [-0.39, 0.29) is 18.6 Å². The Labute approximate surface area is 152 Å². The zero-order valence-corrected chi connectivity index (χ0v) is 15.9. The maximum atomic E-state index is 12.3. The van der Waals surface area contributed by atoms with Crippen molar-refractivity contribution in [3.8, 4) is 0 Å². The van der Waals surface area contributed by atoms with Gasteiger partial charge in [0.15, 0.2) is 0 Å². The molecule has 0 aliphatic heterocycles. The molecular weight excluding hydrogens is 400 g/mol. The van der Waals surface area contributed by atoms with Crippen LogP contribution in [0.15, 0.2) is 21.8 Å². The fourth-order valence-electron chi connectivity index (χ4n) is 1.45. The SMILES string of the molecule is CCOC(=O)NC(=O)NSc1ncc(Br)cc1C(=O)N[C@@H](C)CC. The molecule has 1 aromatic heterocycles. The minimum absolute atomic E-state index is 0.00871. The Balaban J connectivity index is 2.76. The normalized spacial score (nSPS) is 11.3. The van der Waals surface area contributed by atoms with E-state index in [9.17, 15) is 14.4 Å². The number of rotatable bonds is 6. The molecule has 0 aliphatic rings. The second kappa shape index (κ2) is 10.1. The van der Waals surface area contributed by atoms with Gasteiger partial charge in [0.05, 0.1) is 12.2 Å². The van der Waals surface area contributed by atoms with E-state index in [0.717, 1.165) is 18.4 Å². The summed E-state index contributed by atoms with van der Waals surface area (Å²) in [6.07, 6.45) is 1.44. The number of carbonyl (C=O) groups is 3. The number of aromatic nitrogens is 1. The molecule has 1 aromatic rings. The second-order valence-electron chi connectivity index (χ2n) is 4.67. The van der Waals surface area contributed by atoms with Gasteiger partial charge in [-0.1, -0.05) is 6.92 Å². The number of nitrogens with one attached hydrogen (secondary N) is 3. The fraction of sp³-hybridized carbons (Fsp3) is 0.429. The molecule has 0 unspecified atom stereocenters. The van der Waals surface area contributed by atoms with Crippen LogP contribution in [0.25, 0.3) is 0 Å². The molecule has 24 heavy (non-hydrogen) atoms. The standard InChI is InChI=1S/C14H19BrN4O4S/c1-4-8(3)17-11(20)10-6-9(15)7-16-12(10)24-19-13(21)18-14(22)23-5-2/h6-8H,4-5H2,1-3H3,(H,17,20)(H2,18,19,21,22)/t8-/m0/s1. The van der Waals surface area contributed by atoms with Crippen molar-refractivity contribution in [2.24, 2.45) is 0 Å². The van der Waals surface area contributed by atoms with Gasteiger partial charge >= 0.3 is 12.1 Å². The van der Waals surface area contributed by atoms with Gasteiger partial charge in [0, 0.05) is 28.7 Å². The third-order valence-electron chi connectivity index (χ3n) is 2.78. The van der Waals surface area contributed by atoms with E-state index in [4.69, 9.17) is 0 Å². The maximum Gasteiger partial charge on any atom is 0.415 e. The number of pyridine rings is 1. The van der Waals surface area contributed by atoms with Crippen LogP contribution in [-0.4, -0.2) is 35.7 Å². The quantitative estimate of drug-likeness (QED) is 0.612. The van der Waals surface area contributed by atoms with E-state index < -0.39 is 12.1 Å². The minimum Gasteiger partial charge on any atom is -0.450 e. The van der Waals surface area contributed by atoms with Crippen LogP contribution in [0.4, 0.5) is 9.59 Å². The number of ether oxygens (including phenoxy) is 1. The van der Waals surface area contributed by atoms with Gasteiger partial charge in [0.1, 0.15) is 5.03 Å². The first kappa shape index (κ1) is 20.2. The minimum atomic E-state index is -0.853. The molecule has 1 atom stereocenters. The van der Waals surface area contributed by atoms with E-state index in [2.05, 4.69) is 35.7 Å². The van der Waals surface area contributed by atoms with Crippen molar-refractivity contribution in [1.82, 2.24) is 20.3 Å². The van der Waals surface area contributed by atoms with Gasteiger partial charge in [-0.3, -0.25) is 9.52 Å². The highest BCUT2D eigenvalue weighted by Crippen LogP contribution is 2.21. The summed E-state index contributed by atoms with van der Waals surface area (Å²) in [5.74, 6) is -0.298. The van der Waals surface area contributed by atoms with Crippen molar-refractivity contribution in [2.75, 3.05) is 6.61 Å². The lowest BCUT2D eigenvalue weighted by Gasteiger charge is -2.13. The summed E-state index contributed by atoms with van der Waals surface area (Å²) in [7, 11) is 0. The van der Waals surface area contributed by atoms with Crippen LogP contribution in [0.2, 0.25) is 0 Å². The number of halogens is 1. The van der Waals surface area contributed by atoms with Crippen LogP contribution in [0, 0.1) is 0 Å². The molecule has 0 aromatic carbocycles. The lowest BCUT2D eigenvalue weighted by Crippen LogP contribution is -2.37. The Bertz CT molecular complexity index is 614. The lowest BCUT2D eigenvalue weighted by atomic mass is 10.2. The predicted octanol–water partition coefficient (Wildman–Crippen LogP) is 2.84. The van der Waals surface area contributed by atoms with E-state index in [1.807, 2.05) is 19.2 Å². The van der Waals surface area contributed by atoms with Gasteiger partial charge in [-0.25, -0.2) is 19.9 Å². The van der Waals surface area contributed by atoms with E-state index in [1.54, 1.807) is 13.0 Å². The van der Waals surface area contributed by atoms with Crippen molar-refractivity contribution in [1.29, 1.82) is 0 Å². The molecule has 10 heteroatoms. The van der Waals surface area contributed by atoms with Crippen molar-refractivity contribution in [3.63, 3.8) is 0 Å². The summed E-state index contributed by atoms with van der Waals surface area (Å²) < 4.78 is 7.61. The zero-order valence-electron chi connectivity index (χ0n) is 13.5. The molecule has 0 fully saturated rings. The molecule has 0 radical (unpaired) electrons. The molecular formula is C14H19BrN4O4S. The zero-order chi connectivity index (χ0) is 18.1. The summed E-state index contributed by atoms with van der Waals surface area (Å²) in [4.78, 5) is 39.2. The highest BCUT2D eigenvalue weighted by atomic mass is 79.9. The van der Waals surface area contributed by atoms with Gasteiger partial charge in [-0.15, -0.1) is 0 Å². The van der Waals surface area contributed by atoms with Gasteiger partial charge in [-0.2, -0.15) is 0 Å². The van der Waals surface area contributed by atoms with Gasteiger partial charge < -0.3 is 10.1 Å². The summed E-state index contributed by atoms with van der Waals surface area (Å²) in [6, 6.07) is 0.851. The average molecular weight is 419 g/mol. The Hall–Kier alpha value is -1.81. The molecule has 8 nitrogen and oxygen atoms in total. The molecule has 0 bridgehead atoms. The molecule has 1 heterocycles. The van der Waals surface area contributed by atoms with E-state index in [1.165, 1.54) is 6.20 Å². The van der Waals surface area contributed by atoms with E-state index >= 15 is 0 Å². The smallest absolute Gasteiger partial charge is 0.415 e. The Morgan fingerprint density at radius 1 is 1.38 bits per heavy atom. The average Bonchev–Trinajstić information content (AvgIpc) is 2.53. The van der Waals surface area contributed by atoms with Gasteiger partial charge in [0.2, 0.25) is 0 Å². The summed E-state index contributed by atoms with van der Waals surface area (Å²) in [6.45, 7) is 5.63. The number of urea groups is 1. The largest absolute Gasteiger partial charge is 0.450 e. The topological polar surface area (TPSA) is 109 Å². The van der Waals surface area contributed by atoms with Crippen LogP contribution in [0.1, 0.15) is 37.6 Å². The summed E-state index contributed by atoms with van der Waals surface area (Å²) in [5, 5.41) is 5.12. The molecule has 0 saturated heterocycles. The molecule has 3 N–H and O–H groups in total. The first-order valence-electron chi connectivity index (χ1n) is 7.24. The third-order valence-corrected chi connectivity index (χ3v) is 4.02. The first-order chi connectivity index (χ1) is 11.4. The Morgan fingerprint density at radius 2 is 2.08 bits per heavy atom. The highest BCUT2D eigenvalue weighted by Gasteiger charge is 2.17. The predicted molar refractivity (Wildman–Crippen MR) is 93.7 cm³/mol. The van der Waals surface area contributed by atoms with Gasteiger partial charge in [-0.05, 0) is 42.3 Å². The Morgan fingerprint density at radius 3 is 2.71 bits per heavy atom. The lowest BCUT2D eigenvalue weighted by molar-refractivity contribution is 0.0935. The number of alkyl carbamates (subject to hydrolysis) is 1. The van der Waals surface area contributed by atoms with Crippen LogP contribution in [0.5, 0.6) is 0 Å². The summed E-state index contributed by atoms with van der Waals surface area (Å²) >= 11 is 4.09. The Kier molecular flexibility index (Phi) is 8.55.